The van der Waals surface area contributed by atoms with Crippen LogP contribution in [0.3, 0.4) is 0 Å². The van der Waals surface area contributed by atoms with Crippen LogP contribution in [0.4, 0.5) is 17.6 Å². The van der Waals surface area contributed by atoms with Crippen LogP contribution in [-0.2, 0) is 27.4 Å². The standard InChI is InChI=1S/C23H19ClF4N2O3S/c24-17-7-9-18(10-8-17)34(32,33)30(21(22(29)31)16-4-2-1-3-5-16)13-12-15-6-11-19(20(25)14-15)23(26,27)28/h1-11,14,21H,12-13H2,(H2,29,31)/t21-/m1/s1. The summed E-state index contributed by atoms with van der Waals surface area (Å²) in [6.07, 6.45) is -5.05. The van der Waals surface area contributed by atoms with Gasteiger partial charge in [-0.3, -0.25) is 4.79 Å². The van der Waals surface area contributed by atoms with Crippen molar-refractivity contribution < 1.29 is 30.8 Å². The fraction of sp³-hybridized carbons (Fsp3) is 0.174. The second kappa shape index (κ2) is 10.1. The van der Waals surface area contributed by atoms with Gasteiger partial charge in [-0.05, 0) is 53.9 Å². The predicted octanol–water partition coefficient (Wildman–Crippen LogP) is 4.96. The lowest BCUT2D eigenvalue weighted by molar-refractivity contribution is -0.140. The molecule has 0 spiro atoms. The third kappa shape index (κ3) is 5.75. The predicted molar refractivity (Wildman–Crippen MR) is 119 cm³/mol. The lowest BCUT2D eigenvalue weighted by Crippen LogP contribution is -2.42. The maximum Gasteiger partial charge on any atom is 0.419 e. The van der Waals surface area contributed by atoms with Crippen molar-refractivity contribution in [3.05, 3.63) is 100 Å². The first-order chi connectivity index (χ1) is 15.9. The molecule has 0 fully saturated rings. The molecule has 0 aliphatic carbocycles. The molecule has 11 heteroatoms. The van der Waals surface area contributed by atoms with Crippen molar-refractivity contribution >= 4 is 27.5 Å². The molecule has 0 aromatic heterocycles. The van der Waals surface area contributed by atoms with Crippen LogP contribution in [-0.4, -0.2) is 25.2 Å². The first-order valence-electron chi connectivity index (χ1n) is 9.88. The number of benzene rings is 3. The smallest absolute Gasteiger partial charge is 0.368 e. The number of nitrogens with zero attached hydrogens (tertiary/aromatic N) is 1. The number of halogens is 5. The molecular weight excluding hydrogens is 496 g/mol. The maximum absolute atomic E-state index is 14.0. The van der Waals surface area contributed by atoms with Gasteiger partial charge in [-0.15, -0.1) is 0 Å². The molecule has 3 aromatic rings. The van der Waals surface area contributed by atoms with E-state index >= 15 is 0 Å². The van der Waals surface area contributed by atoms with Gasteiger partial charge in [0.25, 0.3) is 0 Å². The summed E-state index contributed by atoms with van der Waals surface area (Å²) in [6, 6.07) is 14.1. The van der Waals surface area contributed by atoms with Crippen LogP contribution in [0.15, 0.2) is 77.7 Å². The summed E-state index contributed by atoms with van der Waals surface area (Å²) in [6.45, 7) is -0.363. The van der Waals surface area contributed by atoms with Gasteiger partial charge < -0.3 is 5.73 Å². The van der Waals surface area contributed by atoms with Crippen LogP contribution < -0.4 is 5.73 Å². The molecule has 2 N–H and O–H groups in total. The normalized spacial score (nSPS) is 13.1. The van der Waals surface area contributed by atoms with E-state index in [4.69, 9.17) is 17.3 Å². The molecule has 0 heterocycles. The van der Waals surface area contributed by atoms with E-state index in [1.165, 1.54) is 36.4 Å². The van der Waals surface area contributed by atoms with Crippen molar-refractivity contribution in [1.82, 2.24) is 4.31 Å². The van der Waals surface area contributed by atoms with E-state index in [-0.39, 0.29) is 23.4 Å². The van der Waals surface area contributed by atoms with Crippen molar-refractivity contribution in [2.75, 3.05) is 6.54 Å². The molecule has 0 saturated carbocycles. The Kier molecular flexibility index (Phi) is 7.64. The van der Waals surface area contributed by atoms with Crippen LogP contribution in [0.25, 0.3) is 0 Å². The monoisotopic (exact) mass is 514 g/mol. The summed E-state index contributed by atoms with van der Waals surface area (Å²) in [4.78, 5) is 12.2. The third-order valence-electron chi connectivity index (χ3n) is 5.05. The Hall–Kier alpha value is -2.95. The molecule has 0 unspecified atom stereocenters. The summed E-state index contributed by atoms with van der Waals surface area (Å²) < 4.78 is 80.4. The number of carbonyl (C=O) groups is 1. The number of rotatable bonds is 8. The van der Waals surface area contributed by atoms with Gasteiger partial charge in [0.05, 0.1) is 10.5 Å². The van der Waals surface area contributed by atoms with Crippen molar-refractivity contribution in [2.45, 2.75) is 23.5 Å². The summed E-state index contributed by atoms with van der Waals surface area (Å²) in [7, 11) is -4.32. The van der Waals surface area contributed by atoms with Crippen molar-refractivity contribution in [2.24, 2.45) is 5.73 Å². The topological polar surface area (TPSA) is 80.5 Å². The van der Waals surface area contributed by atoms with Crippen LogP contribution in [0.1, 0.15) is 22.7 Å². The Morgan fingerprint density at radius 1 is 1.00 bits per heavy atom. The van der Waals surface area contributed by atoms with E-state index < -0.39 is 39.5 Å². The summed E-state index contributed by atoms with van der Waals surface area (Å²) in [5, 5.41) is 0.292. The number of hydrogen-bond acceptors (Lipinski definition) is 3. The van der Waals surface area contributed by atoms with Crippen LogP contribution in [0, 0.1) is 5.82 Å². The second-order valence-electron chi connectivity index (χ2n) is 7.35. The zero-order valence-corrected chi connectivity index (χ0v) is 19.0. The van der Waals surface area contributed by atoms with Gasteiger partial charge in [-0.25, -0.2) is 12.8 Å². The minimum atomic E-state index is -4.86. The molecule has 5 nitrogen and oxygen atoms in total. The van der Waals surface area contributed by atoms with Gasteiger partial charge in [-0.1, -0.05) is 48.0 Å². The van der Waals surface area contributed by atoms with Crippen LogP contribution in [0.2, 0.25) is 5.02 Å². The average Bonchev–Trinajstić information content (AvgIpc) is 2.76. The van der Waals surface area contributed by atoms with Gasteiger partial charge in [0, 0.05) is 11.6 Å². The number of amides is 1. The molecule has 0 bridgehead atoms. The number of primary amides is 1. The average molecular weight is 515 g/mol. The van der Waals surface area contributed by atoms with Gasteiger partial charge in [0.2, 0.25) is 15.9 Å². The van der Waals surface area contributed by atoms with Crippen molar-refractivity contribution in [3.63, 3.8) is 0 Å². The molecule has 1 amide bonds. The molecule has 3 aromatic carbocycles. The summed E-state index contributed by atoms with van der Waals surface area (Å²) >= 11 is 5.85. The van der Waals surface area contributed by atoms with E-state index in [1.807, 2.05) is 0 Å². The zero-order valence-electron chi connectivity index (χ0n) is 17.5. The fourth-order valence-electron chi connectivity index (χ4n) is 3.42. The number of nitrogens with two attached hydrogens (primary N) is 1. The number of carbonyl (C=O) groups excluding carboxylic acids is 1. The first-order valence-corrected chi connectivity index (χ1v) is 11.7. The minimum Gasteiger partial charge on any atom is -0.368 e. The summed E-state index contributed by atoms with van der Waals surface area (Å²) in [5.41, 5.74) is 4.56. The minimum absolute atomic E-state index is 0.109. The van der Waals surface area contributed by atoms with E-state index in [0.29, 0.717) is 22.7 Å². The number of alkyl halides is 3. The van der Waals surface area contributed by atoms with E-state index in [9.17, 15) is 30.8 Å². The molecule has 0 aliphatic rings. The summed E-state index contributed by atoms with van der Waals surface area (Å²) in [5.74, 6) is -2.44. The number of hydrogen-bond donors (Lipinski definition) is 1. The number of sulfonamides is 1. The largest absolute Gasteiger partial charge is 0.419 e. The molecule has 180 valence electrons. The van der Waals surface area contributed by atoms with Crippen LogP contribution in [0.5, 0.6) is 0 Å². The molecule has 3 rings (SSSR count). The lowest BCUT2D eigenvalue weighted by atomic mass is 10.0. The quantitative estimate of drug-likeness (QED) is 0.432. The Morgan fingerprint density at radius 3 is 2.15 bits per heavy atom. The Labute approximate surface area is 198 Å². The SMILES string of the molecule is NC(=O)[C@@H](c1ccccc1)N(CCc1ccc(C(F)(F)F)c(F)c1)S(=O)(=O)c1ccc(Cl)cc1. The Balaban J connectivity index is 2.02. The third-order valence-corrected chi connectivity index (χ3v) is 7.18. The molecule has 0 aliphatic heterocycles. The Morgan fingerprint density at radius 2 is 1.62 bits per heavy atom. The molecule has 0 saturated heterocycles. The maximum atomic E-state index is 14.0. The Bertz CT molecular complexity index is 1270. The molecule has 1 atom stereocenters. The zero-order chi connectivity index (χ0) is 25.1. The molecule has 0 radical (unpaired) electrons. The fourth-order valence-corrected chi connectivity index (χ4v) is 5.13. The van der Waals surface area contributed by atoms with Gasteiger partial charge in [0.1, 0.15) is 11.9 Å². The van der Waals surface area contributed by atoms with Crippen LogP contribution >= 0.6 is 11.6 Å². The second-order valence-corrected chi connectivity index (χ2v) is 9.67. The van der Waals surface area contributed by atoms with E-state index in [2.05, 4.69) is 0 Å². The van der Waals surface area contributed by atoms with E-state index in [0.717, 1.165) is 10.4 Å². The van der Waals surface area contributed by atoms with Gasteiger partial charge in [0.15, 0.2) is 0 Å². The van der Waals surface area contributed by atoms with E-state index in [1.54, 1.807) is 18.2 Å². The first kappa shape index (κ1) is 25.7. The molecule has 34 heavy (non-hydrogen) atoms. The highest BCUT2D eigenvalue weighted by atomic mass is 35.5. The van der Waals surface area contributed by atoms with Gasteiger partial charge in [-0.2, -0.15) is 17.5 Å². The highest BCUT2D eigenvalue weighted by molar-refractivity contribution is 7.89. The highest BCUT2D eigenvalue weighted by Gasteiger charge is 2.36. The van der Waals surface area contributed by atoms with Crippen molar-refractivity contribution in [1.29, 1.82) is 0 Å². The lowest BCUT2D eigenvalue weighted by Gasteiger charge is -2.29. The molecular formula is C23H19ClF4N2O3S. The highest BCUT2D eigenvalue weighted by Crippen LogP contribution is 2.32. The van der Waals surface area contributed by atoms with Gasteiger partial charge >= 0.3 is 6.18 Å². The van der Waals surface area contributed by atoms with Crippen molar-refractivity contribution in [3.8, 4) is 0 Å².